The number of carbonyl (C=O) groups is 2. The molecule has 2 N–H and O–H groups in total. The van der Waals surface area contributed by atoms with E-state index in [1.54, 1.807) is 30.7 Å². The molecule has 2 atom stereocenters. The summed E-state index contributed by atoms with van der Waals surface area (Å²) in [6.45, 7) is 0.265. The standard InChI is InChI=1S/C34H28F4N4O4/c35-27-14-21(42-11-12-46-18-22(42)16-30(37)38)15-28(36)31(27)33(43)41-29(34(44)45)13-20-3-1-5-24-23(20)4-2-6-25(24)32-26-17-39-9-7-19(26)8-10-40-32/h1-10,14-15,17,22,29-30H,11-13,16,18H2,(H,41,43)(H,44,45)/t22-,29-/m0/s1. The Morgan fingerprint density at radius 1 is 1.00 bits per heavy atom. The SMILES string of the molecule is O=C(N[C@@H](Cc1cccc2c(-c3nccc4ccncc34)cccc12)C(=O)O)c1c(F)cc(N2CCOC[C@@H]2CC(F)F)cc1F. The zero-order chi connectivity index (χ0) is 32.4. The number of halogens is 4. The van der Waals surface area contributed by atoms with Crippen molar-refractivity contribution in [2.45, 2.75) is 31.4 Å². The van der Waals surface area contributed by atoms with Gasteiger partial charge in [-0.05, 0) is 46.0 Å². The van der Waals surface area contributed by atoms with Gasteiger partial charge in [0.1, 0.15) is 23.2 Å². The Labute approximate surface area is 260 Å². The van der Waals surface area contributed by atoms with E-state index in [0.29, 0.717) is 16.6 Å². The molecule has 6 rings (SSSR count). The summed E-state index contributed by atoms with van der Waals surface area (Å²) in [5.41, 5.74) is 1.10. The van der Waals surface area contributed by atoms with Crippen LogP contribution in [0.3, 0.4) is 0 Å². The van der Waals surface area contributed by atoms with Crippen LogP contribution in [-0.2, 0) is 16.0 Å². The topological polar surface area (TPSA) is 105 Å². The smallest absolute Gasteiger partial charge is 0.326 e. The first-order valence-electron chi connectivity index (χ1n) is 14.6. The number of morpholine rings is 1. The van der Waals surface area contributed by atoms with Crippen molar-refractivity contribution < 1.29 is 37.0 Å². The molecule has 3 aromatic carbocycles. The summed E-state index contributed by atoms with van der Waals surface area (Å²) in [7, 11) is 0. The van der Waals surface area contributed by atoms with Crippen LogP contribution in [0, 0.1) is 11.6 Å². The fourth-order valence-electron chi connectivity index (χ4n) is 5.97. The minimum absolute atomic E-state index is 0.0155. The van der Waals surface area contributed by atoms with Crippen LogP contribution >= 0.6 is 0 Å². The quantitative estimate of drug-likeness (QED) is 0.192. The van der Waals surface area contributed by atoms with Gasteiger partial charge in [0.25, 0.3) is 5.91 Å². The average Bonchev–Trinajstić information content (AvgIpc) is 3.03. The zero-order valence-corrected chi connectivity index (χ0v) is 24.3. The van der Waals surface area contributed by atoms with Gasteiger partial charge in [-0.3, -0.25) is 14.8 Å². The number of ether oxygens (including phenoxy) is 1. The van der Waals surface area contributed by atoms with Gasteiger partial charge in [-0.2, -0.15) is 0 Å². The second-order valence-electron chi connectivity index (χ2n) is 11.0. The van der Waals surface area contributed by atoms with Crippen molar-refractivity contribution in [2.75, 3.05) is 24.7 Å². The number of anilines is 1. The summed E-state index contributed by atoms with van der Waals surface area (Å²) in [6.07, 6.45) is 1.72. The van der Waals surface area contributed by atoms with E-state index in [0.717, 1.165) is 33.9 Å². The number of nitrogens with zero attached hydrogens (tertiary/aromatic N) is 3. The minimum atomic E-state index is -2.65. The molecule has 236 valence electrons. The first kappa shape index (κ1) is 30.9. The van der Waals surface area contributed by atoms with Gasteiger partial charge in [0.05, 0.1) is 24.9 Å². The van der Waals surface area contributed by atoms with Crippen LogP contribution in [-0.4, -0.2) is 65.2 Å². The summed E-state index contributed by atoms with van der Waals surface area (Å²) >= 11 is 0. The van der Waals surface area contributed by atoms with E-state index in [1.807, 2.05) is 36.4 Å². The Hall–Kier alpha value is -5.10. The van der Waals surface area contributed by atoms with Crippen LogP contribution in [0.15, 0.2) is 79.3 Å². The molecule has 1 aliphatic heterocycles. The molecule has 1 amide bonds. The maximum Gasteiger partial charge on any atom is 0.326 e. The van der Waals surface area contributed by atoms with Gasteiger partial charge in [0.2, 0.25) is 6.43 Å². The number of pyridine rings is 2. The molecule has 0 bridgehead atoms. The Morgan fingerprint density at radius 3 is 2.50 bits per heavy atom. The number of fused-ring (bicyclic) bond motifs is 2. The molecule has 0 radical (unpaired) electrons. The second-order valence-corrected chi connectivity index (χ2v) is 11.0. The van der Waals surface area contributed by atoms with Crippen LogP contribution in [0.4, 0.5) is 23.2 Å². The number of nitrogens with one attached hydrogen (secondary N) is 1. The largest absolute Gasteiger partial charge is 0.480 e. The highest BCUT2D eigenvalue weighted by Gasteiger charge is 2.30. The van der Waals surface area contributed by atoms with Crippen LogP contribution in [0.1, 0.15) is 22.3 Å². The van der Waals surface area contributed by atoms with E-state index < -0.39 is 54.0 Å². The normalized spacial score (nSPS) is 15.8. The molecule has 2 aromatic heterocycles. The number of benzene rings is 3. The number of hydrogen-bond donors (Lipinski definition) is 2. The number of hydrogen-bond acceptors (Lipinski definition) is 6. The van der Waals surface area contributed by atoms with E-state index in [9.17, 15) is 23.5 Å². The Bertz CT molecular complexity index is 1910. The first-order valence-corrected chi connectivity index (χ1v) is 14.6. The lowest BCUT2D eigenvalue weighted by atomic mass is 9.93. The highest BCUT2D eigenvalue weighted by Crippen LogP contribution is 2.34. The molecule has 0 aliphatic carbocycles. The number of carboxylic acid groups (broad SMARTS) is 1. The molecule has 0 spiro atoms. The van der Waals surface area contributed by atoms with Gasteiger partial charge in [0.15, 0.2) is 0 Å². The van der Waals surface area contributed by atoms with Crippen LogP contribution < -0.4 is 10.2 Å². The summed E-state index contributed by atoms with van der Waals surface area (Å²) in [5.74, 6) is -5.14. The molecule has 3 heterocycles. The Morgan fingerprint density at radius 2 is 1.74 bits per heavy atom. The Balaban J connectivity index is 1.27. The fourth-order valence-corrected chi connectivity index (χ4v) is 5.97. The van der Waals surface area contributed by atoms with Crippen molar-refractivity contribution in [1.29, 1.82) is 0 Å². The number of aromatic nitrogens is 2. The van der Waals surface area contributed by atoms with Crippen molar-refractivity contribution in [2.24, 2.45) is 0 Å². The molecule has 0 unspecified atom stereocenters. The molecule has 0 saturated carbocycles. The highest BCUT2D eigenvalue weighted by atomic mass is 19.3. The lowest BCUT2D eigenvalue weighted by Gasteiger charge is -2.37. The number of amides is 1. The predicted octanol–water partition coefficient (Wildman–Crippen LogP) is 6.01. The molecule has 5 aromatic rings. The van der Waals surface area contributed by atoms with E-state index in [4.69, 9.17) is 4.74 Å². The van der Waals surface area contributed by atoms with Crippen molar-refractivity contribution in [3.05, 3.63) is 102 Å². The van der Waals surface area contributed by atoms with E-state index in [2.05, 4.69) is 15.3 Å². The molecule has 46 heavy (non-hydrogen) atoms. The molecule has 1 aliphatic rings. The monoisotopic (exact) mass is 632 g/mol. The molecule has 1 fully saturated rings. The van der Waals surface area contributed by atoms with E-state index >= 15 is 8.78 Å². The second kappa shape index (κ2) is 13.1. The van der Waals surface area contributed by atoms with Crippen LogP contribution in [0.2, 0.25) is 0 Å². The summed E-state index contributed by atoms with van der Waals surface area (Å²) in [4.78, 5) is 35.6. The summed E-state index contributed by atoms with van der Waals surface area (Å²) in [6, 6.07) is 14.1. The lowest BCUT2D eigenvalue weighted by molar-refractivity contribution is -0.139. The van der Waals surface area contributed by atoms with Crippen molar-refractivity contribution in [3.63, 3.8) is 0 Å². The fraction of sp³-hybridized carbons (Fsp3) is 0.235. The third-order valence-corrected chi connectivity index (χ3v) is 8.13. The maximum atomic E-state index is 15.2. The third kappa shape index (κ3) is 6.20. The minimum Gasteiger partial charge on any atom is -0.480 e. The summed E-state index contributed by atoms with van der Waals surface area (Å²) < 4.78 is 61.9. The number of rotatable bonds is 9. The van der Waals surface area contributed by atoms with Gasteiger partial charge in [-0.15, -0.1) is 0 Å². The third-order valence-electron chi connectivity index (χ3n) is 8.13. The van der Waals surface area contributed by atoms with Crippen molar-refractivity contribution in [3.8, 4) is 11.3 Å². The molecular formula is C34H28F4N4O4. The maximum absolute atomic E-state index is 15.2. The lowest BCUT2D eigenvalue weighted by Crippen LogP contribution is -2.46. The van der Waals surface area contributed by atoms with Crippen molar-refractivity contribution >= 4 is 39.1 Å². The van der Waals surface area contributed by atoms with Gasteiger partial charge in [-0.25, -0.2) is 22.4 Å². The predicted molar refractivity (Wildman–Crippen MR) is 164 cm³/mol. The first-order chi connectivity index (χ1) is 22.2. The van der Waals surface area contributed by atoms with E-state index in [1.165, 1.54) is 4.90 Å². The number of aliphatic carboxylic acids is 1. The highest BCUT2D eigenvalue weighted by molar-refractivity contribution is 6.04. The number of carbonyl (C=O) groups excluding carboxylic acids is 1. The Kier molecular flexibility index (Phi) is 8.80. The van der Waals surface area contributed by atoms with Gasteiger partial charge in [-0.1, -0.05) is 36.4 Å². The van der Waals surface area contributed by atoms with Crippen LogP contribution in [0.5, 0.6) is 0 Å². The summed E-state index contributed by atoms with van der Waals surface area (Å²) in [5, 5.41) is 15.6. The van der Waals surface area contributed by atoms with Crippen molar-refractivity contribution in [1.82, 2.24) is 15.3 Å². The molecule has 12 heteroatoms. The molecule has 8 nitrogen and oxygen atoms in total. The zero-order valence-electron chi connectivity index (χ0n) is 24.3. The molecular weight excluding hydrogens is 604 g/mol. The van der Waals surface area contributed by atoms with Crippen LogP contribution in [0.25, 0.3) is 32.8 Å². The molecule has 1 saturated heterocycles. The number of carboxylic acids is 1. The van der Waals surface area contributed by atoms with E-state index in [-0.39, 0.29) is 31.9 Å². The number of alkyl halides is 2. The van der Waals surface area contributed by atoms with Gasteiger partial charge >= 0.3 is 5.97 Å². The van der Waals surface area contributed by atoms with Gasteiger partial charge in [0, 0.05) is 54.6 Å². The average molecular weight is 633 g/mol. The van der Waals surface area contributed by atoms with Gasteiger partial charge < -0.3 is 20.1 Å².